The van der Waals surface area contributed by atoms with Crippen LogP contribution in [0, 0.1) is 29.1 Å². The van der Waals surface area contributed by atoms with Crippen molar-refractivity contribution < 1.29 is 22.0 Å². The predicted molar refractivity (Wildman–Crippen MR) is 151 cm³/mol. The minimum absolute atomic E-state index is 0.0581. The Morgan fingerprint density at radius 1 is 0.585 bits per heavy atom. The summed E-state index contributed by atoms with van der Waals surface area (Å²) in [7, 11) is 0. The van der Waals surface area contributed by atoms with Crippen molar-refractivity contribution in [2.24, 2.45) is 0 Å². The molecule has 0 N–H and O–H groups in total. The summed E-state index contributed by atoms with van der Waals surface area (Å²) >= 11 is 0. The quantitative estimate of drug-likeness (QED) is 0.136. The highest BCUT2D eigenvalue weighted by atomic mass is 19.2. The van der Waals surface area contributed by atoms with Gasteiger partial charge in [-0.3, -0.25) is 4.90 Å². The van der Waals surface area contributed by atoms with Crippen molar-refractivity contribution in [1.82, 2.24) is 4.90 Å². The Labute approximate surface area is 237 Å². The van der Waals surface area contributed by atoms with Crippen molar-refractivity contribution in [3.63, 3.8) is 0 Å². The van der Waals surface area contributed by atoms with Crippen molar-refractivity contribution in [3.05, 3.63) is 124 Å². The van der Waals surface area contributed by atoms with Crippen LogP contribution in [0.25, 0.3) is 11.1 Å². The lowest BCUT2D eigenvalue weighted by Crippen LogP contribution is -2.36. The lowest BCUT2D eigenvalue weighted by atomic mass is 9.91. The molecule has 0 aromatic heterocycles. The topological polar surface area (TPSA) is 6.48 Å². The fourth-order valence-corrected chi connectivity index (χ4v) is 6.65. The van der Waals surface area contributed by atoms with Gasteiger partial charge in [-0.15, -0.1) is 0 Å². The Morgan fingerprint density at radius 2 is 1.05 bits per heavy atom. The van der Waals surface area contributed by atoms with Crippen LogP contribution in [0.2, 0.25) is 0 Å². The molecule has 4 aromatic rings. The fraction of sp³-hybridized carbons (Fsp3) is 0.294. The van der Waals surface area contributed by atoms with E-state index < -0.39 is 46.9 Å². The maximum Gasteiger partial charge on any atom is 0.200 e. The van der Waals surface area contributed by atoms with E-state index in [0.29, 0.717) is 13.1 Å². The number of hydrogen-bond donors (Lipinski definition) is 0. The molecule has 0 bridgehead atoms. The van der Waals surface area contributed by atoms with Gasteiger partial charge in [0.05, 0.1) is 11.6 Å². The number of nitrogens with zero attached hydrogens (tertiary/aromatic N) is 2. The van der Waals surface area contributed by atoms with Crippen LogP contribution in [0.3, 0.4) is 0 Å². The smallest absolute Gasteiger partial charge is 0.200 e. The van der Waals surface area contributed by atoms with E-state index in [2.05, 4.69) is 0 Å². The van der Waals surface area contributed by atoms with E-state index in [1.54, 1.807) is 0 Å². The van der Waals surface area contributed by atoms with Gasteiger partial charge in [0.1, 0.15) is 6.17 Å². The Balaban J connectivity index is 1.64. The van der Waals surface area contributed by atoms with Crippen LogP contribution in [0.5, 0.6) is 0 Å². The van der Waals surface area contributed by atoms with Gasteiger partial charge in [0.2, 0.25) is 5.82 Å². The van der Waals surface area contributed by atoms with Crippen LogP contribution in [-0.2, 0) is 0 Å². The Hall–Kier alpha value is -3.71. The second-order valence-corrected chi connectivity index (χ2v) is 11.5. The number of anilines is 1. The molecule has 41 heavy (non-hydrogen) atoms. The molecule has 1 atom stereocenters. The van der Waals surface area contributed by atoms with Crippen LogP contribution in [0.15, 0.2) is 66.7 Å². The Kier molecular flexibility index (Phi) is 6.89. The number of benzene rings is 4. The summed E-state index contributed by atoms with van der Waals surface area (Å²) in [5.41, 5.74) is 5.73. The van der Waals surface area contributed by atoms with E-state index in [-0.39, 0.29) is 11.8 Å². The molecule has 212 valence electrons. The first-order valence-corrected chi connectivity index (χ1v) is 14.0. The van der Waals surface area contributed by atoms with E-state index in [1.807, 2.05) is 104 Å². The summed E-state index contributed by atoms with van der Waals surface area (Å²) in [6, 6.07) is 21.1. The second-order valence-electron chi connectivity index (χ2n) is 11.5. The summed E-state index contributed by atoms with van der Waals surface area (Å²) in [5, 5.41) is 0. The lowest BCUT2D eigenvalue weighted by Gasteiger charge is -2.38. The number of rotatable bonds is 5. The van der Waals surface area contributed by atoms with Crippen LogP contribution in [0.4, 0.5) is 27.6 Å². The van der Waals surface area contributed by atoms with E-state index >= 15 is 8.78 Å². The highest BCUT2D eigenvalue weighted by Crippen LogP contribution is 2.53. The van der Waals surface area contributed by atoms with E-state index in [0.717, 1.165) is 39.1 Å². The molecule has 1 heterocycles. The Morgan fingerprint density at radius 3 is 1.54 bits per heavy atom. The third kappa shape index (κ3) is 4.16. The third-order valence-corrected chi connectivity index (χ3v) is 8.47. The minimum Gasteiger partial charge on any atom is -0.350 e. The van der Waals surface area contributed by atoms with Gasteiger partial charge in [-0.25, -0.2) is 22.0 Å². The minimum atomic E-state index is -2.15. The first kappa shape index (κ1) is 27.5. The van der Waals surface area contributed by atoms with Gasteiger partial charge in [0, 0.05) is 18.8 Å². The average Bonchev–Trinajstić information content (AvgIpc) is 3.53. The molecule has 0 spiro atoms. The van der Waals surface area contributed by atoms with E-state index in [9.17, 15) is 13.2 Å². The van der Waals surface area contributed by atoms with Gasteiger partial charge in [-0.05, 0) is 45.2 Å². The predicted octanol–water partition coefficient (Wildman–Crippen LogP) is 9.22. The molecule has 0 amide bonds. The van der Waals surface area contributed by atoms with Crippen molar-refractivity contribution in [2.75, 3.05) is 18.0 Å². The Bertz CT molecular complexity index is 1550. The van der Waals surface area contributed by atoms with Gasteiger partial charge >= 0.3 is 0 Å². The molecule has 7 heteroatoms. The zero-order chi connectivity index (χ0) is 29.2. The van der Waals surface area contributed by atoms with Crippen molar-refractivity contribution in [2.45, 2.75) is 51.7 Å². The number of halogens is 5. The summed E-state index contributed by atoms with van der Waals surface area (Å²) < 4.78 is 75.3. The van der Waals surface area contributed by atoms with Crippen LogP contribution >= 0.6 is 0 Å². The largest absolute Gasteiger partial charge is 0.350 e. The number of fused-ring (bicyclic) bond motifs is 3. The highest BCUT2D eigenvalue weighted by Gasteiger charge is 2.47. The molecule has 0 saturated carbocycles. The van der Waals surface area contributed by atoms with Crippen molar-refractivity contribution in [3.8, 4) is 11.1 Å². The first-order valence-electron chi connectivity index (χ1n) is 14.0. The van der Waals surface area contributed by atoms with Gasteiger partial charge in [-0.2, -0.15) is 0 Å². The molecule has 1 unspecified atom stereocenters. The molecule has 4 aromatic carbocycles. The summed E-state index contributed by atoms with van der Waals surface area (Å²) in [6.07, 6.45) is -1.25. The summed E-state index contributed by atoms with van der Waals surface area (Å²) in [6.45, 7) is 8.83. The average molecular weight is 563 g/mol. The van der Waals surface area contributed by atoms with Crippen LogP contribution in [0.1, 0.15) is 79.6 Å². The lowest BCUT2D eigenvalue weighted by molar-refractivity contribution is 0.200. The van der Waals surface area contributed by atoms with Crippen LogP contribution < -0.4 is 4.90 Å². The SMILES string of the molecule is CC(C)c1cccc(C(C)C)c1N1CCN(C2c3ccccc3-c3ccccc32)C1c1c(F)c(F)c(F)c(F)c1F. The molecule has 6 rings (SSSR count). The van der Waals surface area contributed by atoms with Crippen molar-refractivity contribution >= 4 is 5.69 Å². The van der Waals surface area contributed by atoms with Gasteiger partial charge in [0.25, 0.3) is 0 Å². The molecule has 1 fully saturated rings. The third-order valence-electron chi connectivity index (χ3n) is 8.47. The van der Waals surface area contributed by atoms with Gasteiger partial charge < -0.3 is 4.90 Å². The van der Waals surface area contributed by atoms with Gasteiger partial charge in [0.15, 0.2) is 23.3 Å². The fourth-order valence-electron chi connectivity index (χ4n) is 6.65. The summed E-state index contributed by atoms with van der Waals surface area (Å²) in [4.78, 5) is 3.75. The maximum atomic E-state index is 15.7. The zero-order valence-corrected chi connectivity index (χ0v) is 23.4. The van der Waals surface area contributed by atoms with E-state index in [4.69, 9.17) is 0 Å². The van der Waals surface area contributed by atoms with E-state index in [1.165, 1.54) is 0 Å². The molecular formula is C34H31F5N2. The molecule has 0 radical (unpaired) electrons. The summed E-state index contributed by atoms with van der Waals surface area (Å²) in [5.74, 6) is -9.49. The molecule has 2 aliphatic rings. The first-order chi connectivity index (χ1) is 19.6. The molecular weight excluding hydrogens is 531 g/mol. The zero-order valence-electron chi connectivity index (χ0n) is 23.4. The molecule has 1 saturated heterocycles. The number of hydrogen-bond acceptors (Lipinski definition) is 2. The second kappa shape index (κ2) is 10.3. The van der Waals surface area contributed by atoms with Crippen molar-refractivity contribution in [1.29, 1.82) is 0 Å². The maximum absolute atomic E-state index is 15.7. The monoisotopic (exact) mass is 562 g/mol. The number of para-hydroxylation sites is 1. The standard InChI is InChI=1S/C34H31F5N2/c1-18(2)20-14-9-15-21(19(3)4)32(20)40-16-17-41(34(40)26-27(35)29(37)31(39)30(38)28(26)36)33-24-12-7-5-10-22(24)23-11-6-8-13-25(23)33/h5-15,18-19,33-34H,16-17H2,1-4H3. The normalized spacial score (nSPS) is 17.1. The van der Waals surface area contributed by atoms with Crippen LogP contribution in [-0.4, -0.2) is 18.0 Å². The molecule has 1 aliphatic heterocycles. The molecule has 1 aliphatic carbocycles. The highest BCUT2D eigenvalue weighted by molar-refractivity contribution is 5.78. The van der Waals surface area contributed by atoms with Gasteiger partial charge in [-0.1, -0.05) is 94.4 Å². The molecule has 2 nitrogen and oxygen atoms in total.